The zero-order chi connectivity index (χ0) is 13.1. The molecule has 0 radical (unpaired) electrons. The van der Waals surface area contributed by atoms with E-state index >= 15 is 0 Å². The first kappa shape index (κ1) is 12.5. The van der Waals surface area contributed by atoms with Crippen molar-refractivity contribution in [3.8, 4) is 11.8 Å². The summed E-state index contributed by atoms with van der Waals surface area (Å²) in [6, 6.07) is 11.0. The highest BCUT2D eigenvalue weighted by Gasteiger charge is 2.26. The molecule has 1 aromatic rings. The van der Waals surface area contributed by atoms with Crippen LogP contribution >= 0.6 is 0 Å². The third-order valence-electron chi connectivity index (χ3n) is 3.64. The van der Waals surface area contributed by atoms with Gasteiger partial charge in [-0.05, 0) is 18.9 Å². The van der Waals surface area contributed by atoms with E-state index in [1.54, 1.807) is 0 Å². The predicted molar refractivity (Wildman–Crippen MR) is 72.8 cm³/mol. The fourth-order valence-corrected chi connectivity index (χ4v) is 2.46. The zero-order valence-corrected chi connectivity index (χ0v) is 11.0. The minimum absolute atomic E-state index is 0.0715. The van der Waals surface area contributed by atoms with E-state index in [4.69, 9.17) is 4.74 Å². The fourth-order valence-electron chi connectivity index (χ4n) is 2.46. The van der Waals surface area contributed by atoms with Crippen molar-refractivity contribution in [2.75, 3.05) is 19.7 Å². The van der Waals surface area contributed by atoms with E-state index in [0.29, 0.717) is 12.6 Å². The summed E-state index contributed by atoms with van der Waals surface area (Å²) in [5, 5.41) is 12.6. The quantitative estimate of drug-likeness (QED) is 0.888. The SMILES string of the molecule is N#CC(CN1CCOc2ccccc2C1)NC1CC1. The van der Waals surface area contributed by atoms with Crippen molar-refractivity contribution in [1.82, 2.24) is 10.2 Å². The van der Waals surface area contributed by atoms with Gasteiger partial charge in [-0.2, -0.15) is 5.26 Å². The number of benzene rings is 1. The lowest BCUT2D eigenvalue weighted by Gasteiger charge is -2.22. The first-order valence-electron chi connectivity index (χ1n) is 6.94. The number of nitrogens with zero attached hydrogens (tertiary/aromatic N) is 2. The monoisotopic (exact) mass is 257 g/mol. The predicted octanol–water partition coefficient (Wildman–Crippen LogP) is 1.53. The smallest absolute Gasteiger partial charge is 0.123 e. The van der Waals surface area contributed by atoms with Gasteiger partial charge in [-0.15, -0.1) is 0 Å². The molecule has 1 atom stereocenters. The molecule has 2 aliphatic rings. The van der Waals surface area contributed by atoms with Crippen LogP contribution in [-0.4, -0.2) is 36.7 Å². The molecule has 3 rings (SSSR count). The van der Waals surface area contributed by atoms with Crippen molar-refractivity contribution < 1.29 is 4.74 Å². The van der Waals surface area contributed by atoms with Gasteiger partial charge in [-0.25, -0.2) is 0 Å². The molecule has 19 heavy (non-hydrogen) atoms. The summed E-state index contributed by atoms with van der Waals surface area (Å²) in [6.07, 6.45) is 2.42. The van der Waals surface area contributed by atoms with Gasteiger partial charge in [0.1, 0.15) is 18.4 Å². The lowest BCUT2D eigenvalue weighted by Crippen LogP contribution is -2.41. The lowest BCUT2D eigenvalue weighted by molar-refractivity contribution is 0.216. The van der Waals surface area contributed by atoms with Crippen LogP contribution in [0, 0.1) is 11.3 Å². The Morgan fingerprint density at radius 1 is 1.42 bits per heavy atom. The van der Waals surface area contributed by atoms with Crippen molar-refractivity contribution in [3.05, 3.63) is 29.8 Å². The normalized spacial score (nSPS) is 20.8. The van der Waals surface area contributed by atoms with Crippen LogP contribution in [0.3, 0.4) is 0 Å². The summed E-state index contributed by atoms with van der Waals surface area (Å²) in [4.78, 5) is 2.30. The van der Waals surface area contributed by atoms with E-state index in [2.05, 4.69) is 22.4 Å². The molecule has 1 aliphatic carbocycles. The van der Waals surface area contributed by atoms with Crippen molar-refractivity contribution in [1.29, 1.82) is 5.26 Å². The summed E-state index contributed by atoms with van der Waals surface area (Å²) in [5.41, 5.74) is 1.21. The first-order valence-corrected chi connectivity index (χ1v) is 6.94. The van der Waals surface area contributed by atoms with Gasteiger partial charge in [-0.1, -0.05) is 18.2 Å². The summed E-state index contributed by atoms with van der Waals surface area (Å²) in [7, 11) is 0. The molecule has 4 nitrogen and oxygen atoms in total. The third-order valence-corrected chi connectivity index (χ3v) is 3.64. The molecular weight excluding hydrogens is 238 g/mol. The molecule has 0 spiro atoms. The second-order valence-corrected chi connectivity index (χ2v) is 5.31. The van der Waals surface area contributed by atoms with E-state index in [1.807, 2.05) is 18.2 Å². The van der Waals surface area contributed by atoms with Crippen molar-refractivity contribution in [3.63, 3.8) is 0 Å². The Kier molecular flexibility index (Phi) is 3.67. The summed E-state index contributed by atoms with van der Waals surface area (Å²) < 4.78 is 5.74. The number of hydrogen-bond acceptors (Lipinski definition) is 4. The largest absolute Gasteiger partial charge is 0.492 e. The van der Waals surface area contributed by atoms with Gasteiger partial charge in [0.25, 0.3) is 0 Å². The Bertz CT molecular complexity index is 479. The molecule has 100 valence electrons. The fraction of sp³-hybridized carbons (Fsp3) is 0.533. The van der Waals surface area contributed by atoms with Gasteiger partial charge < -0.3 is 4.74 Å². The Hall–Kier alpha value is -1.57. The van der Waals surface area contributed by atoms with Crippen LogP contribution in [0.5, 0.6) is 5.75 Å². The highest BCUT2D eigenvalue weighted by atomic mass is 16.5. The maximum Gasteiger partial charge on any atom is 0.123 e. The second kappa shape index (κ2) is 5.60. The van der Waals surface area contributed by atoms with Gasteiger partial charge in [-0.3, -0.25) is 10.2 Å². The average Bonchev–Trinajstić information content (AvgIpc) is 3.24. The van der Waals surface area contributed by atoms with E-state index in [1.165, 1.54) is 18.4 Å². The Balaban J connectivity index is 1.63. The van der Waals surface area contributed by atoms with Gasteiger partial charge in [0.15, 0.2) is 0 Å². The van der Waals surface area contributed by atoms with Crippen LogP contribution in [0.15, 0.2) is 24.3 Å². The topological polar surface area (TPSA) is 48.3 Å². The Morgan fingerprint density at radius 2 is 2.26 bits per heavy atom. The van der Waals surface area contributed by atoms with Gasteiger partial charge >= 0.3 is 0 Å². The minimum atomic E-state index is -0.0715. The third kappa shape index (κ3) is 3.25. The van der Waals surface area contributed by atoms with Crippen LogP contribution < -0.4 is 10.1 Å². The number of nitriles is 1. The molecule has 0 saturated heterocycles. The first-order chi connectivity index (χ1) is 9.35. The number of para-hydroxylation sites is 1. The Labute approximate surface area is 114 Å². The maximum atomic E-state index is 9.23. The molecule has 4 heteroatoms. The molecule has 1 aliphatic heterocycles. The minimum Gasteiger partial charge on any atom is -0.492 e. The molecule has 1 fully saturated rings. The highest BCUT2D eigenvalue weighted by molar-refractivity contribution is 5.33. The van der Waals surface area contributed by atoms with Gasteiger partial charge in [0.2, 0.25) is 0 Å². The van der Waals surface area contributed by atoms with Crippen LogP contribution in [0.1, 0.15) is 18.4 Å². The standard InChI is InChI=1S/C15H19N3O/c16-9-14(17-13-5-6-13)11-18-7-8-19-15-4-2-1-3-12(15)10-18/h1-4,13-14,17H,5-8,10-11H2. The summed E-state index contributed by atoms with van der Waals surface area (Å²) in [6.45, 7) is 3.20. The van der Waals surface area contributed by atoms with Crippen molar-refractivity contribution in [2.24, 2.45) is 0 Å². The highest BCUT2D eigenvalue weighted by Crippen LogP contribution is 2.23. The number of rotatable bonds is 4. The van der Waals surface area contributed by atoms with Crippen LogP contribution in [0.4, 0.5) is 0 Å². The van der Waals surface area contributed by atoms with Crippen molar-refractivity contribution in [2.45, 2.75) is 31.5 Å². The van der Waals surface area contributed by atoms with E-state index in [-0.39, 0.29) is 6.04 Å². The van der Waals surface area contributed by atoms with Crippen LogP contribution in [0.2, 0.25) is 0 Å². The molecule has 1 heterocycles. The summed E-state index contributed by atoms with van der Waals surface area (Å²) >= 11 is 0. The second-order valence-electron chi connectivity index (χ2n) is 5.31. The molecule has 1 unspecified atom stereocenters. The average molecular weight is 257 g/mol. The molecule has 1 saturated carbocycles. The summed E-state index contributed by atoms with van der Waals surface area (Å²) in [5.74, 6) is 0.980. The number of nitrogens with one attached hydrogen (secondary N) is 1. The molecule has 0 amide bonds. The van der Waals surface area contributed by atoms with Crippen LogP contribution in [0.25, 0.3) is 0 Å². The number of fused-ring (bicyclic) bond motifs is 1. The lowest BCUT2D eigenvalue weighted by atomic mass is 10.2. The van der Waals surface area contributed by atoms with Gasteiger partial charge in [0.05, 0.1) is 6.07 Å². The van der Waals surface area contributed by atoms with Crippen molar-refractivity contribution >= 4 is 0 Å². The molecule has 1 N–H and O–H groups in total. The maximum absolute atomic E-state index is 9.23. The number of ether oxygens (including phenoxy) is 1. The molecular formula is C15H19N3O. The molecule has 0 bridgehead atoms. The Morgan fingerprint density at radius 3 is 3.05 bits per heavy atom. The van der Waals surface area contributed by atoms with E-state index in [9.17, 15) is 5.26 Å². The number of hydrogen-bond donors (Lipinski definition) is 1. The zero-order valence-electron chi connectivity index (χ0n) is 11.0. The van der Waals surface area contributed by atoms with E-state index in [0.717, 1.165) is 25.4 Å². The molecule has 1 aromatic carbocycles. The van der Waals surface area contributed by atoms with E-state index < -0.39 is 0 Å². The molecule has 0 aromatic heterocycles. The van der Waals surface area contributed by atoms with Gasteiger partial charge in [0, 0.05) is 31.2 Å². The van der Waals surface area contributed by atoms with Crippen LogP contribution in [-0.2, 0) is 6.54 Å².